The molecule has 1 aliphatic rings. The molecule has 5 heteroatoms. The molecule has 0 atom stereocenters. The number of ether oxygens (including phenoxy) is 1. The number of carbonyl (C=O) groups excluding carboxylic acids is 2. The van der Waals surface area contributed by atoms with Crippen LogP contribution in [-0.2, 0) is 16.1 Å². The van der Waals surface area contributed by atoms with Gasteiger partial charge < -0.3 is 9.64 Å². The quantitative estimate of drug-likeness (QED) is 0.384. The second kappa shape index (κ2) is 10.8. The smallest absolute Gasteiger partial charge is 0.277 e. The second-order valence-corrected chi connectivity index (χ2v) is 7.65. The fourth-order valence-electron chi connectivity index (χ4n) is 3.88. The van der Waals surface area contributed by atoms with Gasteiger partial charge in [-0.3, -0.25) is 14.5 Å². The molecule has 0 aromatic heterocycles. The van der Waals surface area contributed by atoms with Gasteiger partial charge in [-0.15, -0.1) is 0 Å². The molecule has 2 aromatic rings. The van der Waals surface area contributed by atoms with Crippen molar-refractivity contribution in [1.29, 1.82) is 0 Å². The van der Waals surface area contributed by atoms with Gasteiger partial charge in [-0.25, -0.2) is 0 Å². The lowest BCUT2D eigenvalue weighted by Gasteiger charge is -2.25. The van der Waals surface area contributed by atoms with Gasteiger partial charge in [0.15, 0.2) is 0 Å². The van der Waals surface area contributed by atoms with Gasteiger partial charge in [-0.05, 0) is 43.5 Å². The molecule has 1 aliphatic heterocycles. The number of nitrogens with zero attached hydrogens (tertiary/aromatic N) is 2. The molecule has 2 amide bonds. The number of carbonyl (C=O) groups is 2. The number of hydrogen-bond acceptors (Lipinski definition) is 4. The lowest BCUT2D eigenvalue weighted by Crippen LogP contribution is -2.35. The van der Waals surface area contributed by atoms with Crippen molar-refractivity contribution in [3.8, 4) is 5.75 Å². The Morgan fingerprint density at radius 3 is 2.19 bits per heavy atom. The number of benzene rings is 2. The first-order chi connectivity index (χ1) is 15.1. The molecular formula is C26H32N2O3. The molecule has 1 heterocycles. The highest BCUT2D eigenvalue weighted by atomic mass is 16.5. The maximum Gasteiger partial charge on any atom is 0.277 e. The molecule has 0 saturated heterocycles. The number of unbranched alkanes of at least 4 members (excludes halogenated alkanes) is 2. The Kier molecular flexibility index (Phi) is 7.88. The van der Waals surface area contributed by atoms with Gasteiger partial charge in [0.25, 0.3) is 11.8 Å². The number of imide groups is 1. The van der Waals surface area contributed by atoms with Crippen LogP contribution < -0.4 is 4.74 Å². The number of hydrogen-bond donors (Lipinski definition) is 0. The van der Waals surface area contributed by atoms with E-state index < -0.39 is 0 Å². The minimum Gasteiger partial charge on any atom is -0.494 e. The minimum atomic E-state index is -0.202. The van der Waals surface area contributed by atoms with E-state index >= 15 is 0 Å². The predicted molar refractivity (Wildman–Crippen MR) is 123 cm³/mol. The Morgan fingerprint density at radius 1 is 0.871 bits per heavy atom. The van der Waals surface area contributed by atoms with Crippen LogP contribution in [0.1, 0.15) is 51.2 Å². The van der Waals surface area contributed by atoms with Crippen molar-refractivity contribution in [2.24, 2.45) is 0 Å². The summed E-state index contributed by atoms with van der Waals surface area (Å²) in [5.74, 6) is 0.358. The fraction of sp³-hybridized carbons (Fsp3) is 0.385. The zero-order valence-corrected chi connectivity index (χ0v) is 18.8. The van der Waals surface area contributed by atoms with Crippen LogP contribution in [0.5, 0.6) is 5.75 Å². The summed E-state index contributed by atoms with van der Waals surface area (Å²) in [6.07, 6.45) is 2.85. The molecule has 0 radical (unpaired) electrons. The molecule has 0 aliphatic carbocycles. The van der Waals surface area contributed by atoms with Crippen molar-refractivity contribution >= 4 is 17.4 Å². The Morgan fingerprint density at radius 2 is 1.58 bits per heavy atom. The molecule has 164 valence electrons. The van der Waals surface area contributed by atoms with E-state index in [1.807, 2.05) is 73.3 Å². The van der Waals surface area contributed by atoms with Crippen LogP contribution in [0.25, 0.3) is 5.57 Å². The van der Waals surface area contributed by atoms with Crippen LogP contribution in [0, 0.1) is 0 Å². The third kappa shape index (κ3) is 5.16. The maximum atomic E-state index is 13.4. The van der Waals surface area contributed by atoms with Gasteiger partial charge in [0.05, 0.1) is 12.2 Å². The van der Waals surface area contributed by atoms with E-state index in [0.29, 0.717) is 37.5 Å². The van der Waals surface area contributed by atoms with E-state index in [4.69, 9.17) is 4.74 Å². The van der Waals surface area contributed by atoms with E-state index in [-0.39, 0.29) is 11.8 Å². The largest absolute Gasteiger partial charge is 0.494 e. The zero-order valence-electron chi connectivity index (χ0n) is 18.8. The lowest BCUT2D eigenvalue weighted by molar-refractivity contribution is -0.137. The van der Waals surface area contributed by atoms with Crippen molar-refractivity contribution in [3.63, 3.8) is 0 Å². The molecule has 0 fully saturated rings. The van der Waals surface area contributed by atoms with Gasteiger partial charge in [0.1, 0.15) is 11.4 Å². The van der Waals surface area contributed by atoms with E-state index in [0.717, 1.165) is 36.1 Å². The van der Waals surface area contributed by atoms with Gasteiger partial charge in [0.2, 0.25) is 0 Å². The van der Waals surface area contributed by atoms with Crippen LogP contribution in [0.3, 0.4) is 0 Å². The molecule has 5 nitrogen and oxygen atoms in total. The van der Waals surface area contributed by atoms with Gasteiger partial charge in [-0.2, -0.15) is 0 Å². The summed E-state index contributed by atoms with van der Waals surface area (Å²) in [4.78, 5) is 30.3. The summed E-state index contributed by atoms with van der Waals surface area (Å²) in [7, 11) is 0. The Bertz CT molecular complexity index is 919. The summed E-state index contributed by atoms with van der Waals surface area (Å²) in [6, 6.07) is 17.5. The summed E-state index contributed by atoms with van der Waals surface area (Å²) in [5.41, 5.74) is 2.84. The summed E-state index contributed by atoms with van der Waals surface area (Å²) in [6.45, 7) is 8.31. The van der Waals surface area contributed by atoms with Crippen LogP contribution in [-0.4, -0.2) is 41.3 Å². The minimum absolute atomic E-state index is 0.192. The topological polar surface area (TPSA) is 49.9 Å². The van der Waals surface area contributed by atoms with Crippen LogP contribution >= 0.6 is 0 Å². The molecular weight excluding hydrogens is 388 g/mol. The first kappa shape index (κ1) is 22.6. The Labute approximate surface area is 185 Å². The third-order valence-electron chi connectivity index (χ3n) is 5.50. The summed E-state index contributed by atoms with van der Waals surface area (Å²) >= 11 is 0. The normalized spacial score (nSPS) is 13.8. The molecule has 0 saturated carbocycles. The Hall–Kier alpha value is -3.08. The van der Waals surface area contributed by atoms with E-state index in [1.54, 1.807) is 0 Å². The molecule has 2 aromatic carbocycles. The highest BCUT2D eigenvalue weighted by molar-refractivity contribution is 6.35. The number of rotatable bonds is 11. The molecule has 31 heavy (non-hydrogen) atoms. The number of likely N-dealkylation sites (N-methyl/N-ethyl adjacent to an activating group) is 1. The molecule has 0 bridgehead atoms. The highest BCUT2D eigenvalue weighted by Gasteiger charge is 2.40. The first-order valence-electron chi connectivity index (χ1n) is 11.2. The van der Waals surface area contributed by atoms with E-state index in [2.05, 4.69) is 6.92 Å². The molecule has 0 unspecified atom stereocenters. The van der Waals surface area contributed by atoms with Crippen molar-refractivity contribution < 1.29 is 14.3 Å². The van der Waals surface area contributed by atoms with Crippen molar-refractivity contribution in [2.75, 3.05) is 19.7 Å². The SMILES string of the molecule is CCCCCN1C(=O)C(c2ccc(OCC)cc2)=C(N(CC)Cc2ccccc2)C1=O. The van der Waals surface area contributed by atoms with Gasteiger partial charge in [0, 0.05) is 19.6 Å². The van der Waals surface area contributed by atoms with Crippen molar-refractivity contribution in [1.82, 2.24) is 9.80 Å². The average molecular weight is 421 g/mol. The third-order valence-corrected chi connectivity index (χ3v) is 5.50. The van der Waals surface area contributed by atoms with Gasteiger partial charge >= 0.3 is 0 Å². The molecule has 0 spiro atoms. The second-order valence-electron chi connectivity index (χ2n) is 7.65. The standard InChI is InChI=1S/C26H32N2O3/c1-4-7-11-18-28-25(29)23(21-14-16-22(17-15-21)31-6-3)24(26(28)30)27(5-2)19-20-12-9-8-10-13-20/h8-10,12-17H,4-7,11,18-19H2,1-3H3. The molecule has 0 N–H and O–H groups in total. The summed E-state index contributed by atoms with van der Waals surface area (Å²) < 4.78 is 5.54. The first-order valence-corrected chi connectivity index (χ1v) is 11.2. The van der Waals surface area contributed by atoms with Crippen LogP contribution in [0.15, 0.2) is 60.3 Å². The number of amides is 2. The average Bonchev–Trinajstić information content (AvgIpc) is 3.04. The fourth-order valence-corrected chi connectivity index (χ4v) is 3.88. The van der Waals surface area contributed by atoms with Crippen LogP contribution in [0.4, 0.5) is 0 Å². The predicted octanol–water partition coefficient (Wildman–Crippen LogP) is 4.88. The van der Waals surface area contributed by atoms with Crippen LogP contribution in [0.2, 0.25) is 0 Å². The lowest BCUT2D eigenvalue weighted by atomic mass is 10.0. The molecule has 3 rings (SSSR count). The van der Waals surface area contributed by atoms with E-state index in [9.17, 15) is 9.59 Å². The maximum absolute atomic E-state index is 13.4. The van der Waals surface area contributed by atoms with Crippen molar-refractivity contribution in [3.05, 3.63) is 71.4 Å². The van der Waals surface area contributed by atoms with E-state index in [1.165, 1.54) is 4.90 Å². The monoisotopic (exact) mass is 420 g/mol. The summed E-state index contributed by atoms with van der Waals surface area (Å²) in [5, 5.41) is 0. The van der Waals surface area contributed by atoms with Crippen molar-refractivity contribution in [2.45, 2.75) is 46.6 Å². The Balaban J connectivity index is 2.00. The highest BCUT2D eigenvalue weighted by Crippen LogP contribution is 2.33. The van der Waals surface area contributed by atoms with Gasteiger partial charge in [-0.1, -0.05) is 62.2 Å². The zero-order chi connectivity index (χ0) is 22.2.